The Kier molecular flexibility index (Phi) is 4.31. The van der Waals surface area contributed by atoms with Gasteiger partial charge in [-0.05, 0) is 12.1 Å². The largest absolute Gasteiger partial charge is 0.307 e. The molecule has 0 amide bonds. The molecule has 0 spiro atoms. The first kappa shape index (κ1) is 14.2. The van der Waals surface area contributed by atoms with Crippen LogP contribution in [0.15, 0.2) is 17.0 Å². The standard InChI is InChI=1S/C8H8Cl2N2O4S/c1-2-11-17(15,16)6-4-3-5(9)8(7(6)10)12(13)14/h3-4,11H,2H2,1H3. The van der Waals surface area contributed by atoms with Gasteiger partial charge >= 0.3 is 5.69 Å². The molecule has 1 aromatic carbocycles. The van der Waals surface area contributed by atoms with Crippen LogP contribution in [0.25, 0.3) is 0 Å². The normalized spacial score (nSPS) is 11.5. The molecular weight excluding hydrogens is 291 g/mol. The van der Waals surface area contributed by atoms with Gasteiger partial charge in [-0.3, -0.25) is 10.1 Å². The lowest BCUT2D eigenvalue weighted by Gasteiger charge is -2.07. The number of benzene rings is 1. The Labute approximate surface area is 108 Å². The van der Waals surface area contributed by atoms with Crippen molar-refractivity contribution in [1.29, 1.82) is 0 Å². The molecule has 0 radical (unpaired) electrons. The predicted molar refractivity (Wildman–Crippen MR) is 64.0 cm³/mol. The summed E-state index contributed by atoms with van der Waals surface area (Å²) in [5.74, 6) is 0. The number of rotatable bonds is 4. The quantitative estimate of drug-likeness (QED) is 0.681. The lowest BCUT2D eigenvalue weighted by Crippen LogP contribution is -2.23. The molecule has 1 N–H and O–H groups in total. The summed E-state index contributed by atoms with van der Waals surface area (Å²) < 4.78 is 25.5. The Morgan fingerprint density at radius 1 is 1.41 bits per heavy atom. The lowest BCUT2D eigenvalue weighted by atomic mass is 10.3. The second-order valence-electron chi connectivity index (χ2n) is 2.97. The van der Waals surface area contributed by atoms with Gasteiger partial charge in [0.05, 0.1) is 4.92 Å². The van der Waals surface area contributed by atoms with Gasteiger partial charge in [0.15, 0.2) is 0 Å². The zero-order valence-electron chi connectivity index (χ0n) is 8.61. The lowest BCUT2D eigenvalue weighted by molar-refractivity contribution is -0.384. The first-order valence-electron chi connectivity index (χ1n) is 4.43. The van der Waals surface area contributed by atoms with Gasteiger partial charge in [-0.2, -0.15) is 0 Å². The second kappa shape index (κ2) is 5.18. The Hall–Kier alpha value is -0.890. The fourth-order valence-electron chi connectivity index (χ4n) is 1.17. The van der Waals surface area contributed by atoms with E-state index in [0.717, 1.165) is 12.1 Å². The molecule has 0 heterocycles. The molecule has 0 atom stereocenters. The molecule has 9 heteroatoms. The molecule has 0 saturated heterocycles. The van der Waals surface area contributed by atoms with Crippen LogP contribution >= 0.6 is 23.2 Å². The smallest absolute Gasteiger partial charge is 0.258 e. The summed E-state index contributed by atoms with van der Waals surface area (Å²) in [5.41, 5.74) is -0.618. The maximum Gasteiger partial charge on any atom is 0.307 e. The van der Waals surface area contributed by atoms with Gasteiger partial charge in [0, 0.05) is 6.54 Å². The maximum absolute atomic E-state index is 11.7. The fraction of sp³-hybridized carbons (Fsp3) is 0.250. The van der Waals surface area contributed by atoms with Crippen molar-refractivity contribution in [2.24, 2.45) is 0 Å². The number of nitrogens with one attached hydrogen (secondary N) is 1. The Bertz CT molecular complexity index is 559. The van der Waals surface area contributed by atoms with Gasteiger partial charge in [-0.1, -0.05) is 30.1 Å². The number of nitro benzene ring substituents is 1. The van der Waals surface area contributed by atoms with E-state index in [1.165, 1.54) is 0 Å². The third-order valence-electron chi connectivity index (χ3n) is 1.84. The highest BCUT2D eigenvalue weighted by Crippen LogP contribution is 2.36. The highest BCUT2D eigenvalue weighted by Gasteiger charge is 2.27. The SMILES string of the molecule is CCNS(=O)(=O)c1ccc(Cl)c([N+](=O)[O-])c1Cl. The number of hydrogen-bond donors (Lipinski definition) is 1. The van der Waals surface area contributed by atoms with Gasteiger partial charge in [0.25, 0.3) is 0 Å². The zero-order valence-corrected chi connectivity index (χ0v) is 10.9. The Morgan fingerprint density at radius 2 is 2.00 bits per heavy atom. The second-order valence-corrected chi connectivity index (χ2v) is 5.49. The first-order valence-corrected chi connectivity index (χ1v) is 6.67. The van der Waals surface area contributed by atoms with E-state index in [1.54, 1.807) is 6.92 Å². The summed E-state index contributed by atoms with van der Waals surface area (Å²) in [7, 11) is -3.86. The molecule has 0 saturated carbocycles. The van der Waals surface area contributed by atoms with E-state index in [1.807, 2.05) is 0 Å². The van der Waals surface area contributed by atoms with Crippen LogP contribution in [-0.4, -0.2) is 19.9 Å². The number of sulfonamides is 1. The third kappa shape index (κ3) is 2.86. The van der Waals surface area contributed by atoms with Crippen molar-refractivity contribution in [2.45, 2.75) is 11.8 Å². The highest BCUT2D eigenvalue weighted by atomic mass is 35.5. The minimum atomic E-state index is -3.86. The molecule has 0 aliphatic rings. The van der Waals surface area contributed by atoms with Crippen LogP contribution in [0.3, 0.4) is 0 Å². The van der Waals surface area contributed by atoms with Gasteiger partial charge in [0.1, 0.15) is 14.9 Å². The van der Waals surface area contributed by atoms with Crippen molar-refractivity contribution >= 4 is 38.9 Å². The van der Waals surface area contributed by atoms with Crippen LogP contribution in [-0.2, 0) is 10.0 Å². The average Bonchev–Trinajstić information content (AvgIpc) is 2.15. The monoisotopic (exact) mass is 298 g/mol. The van der Waals surface area contributed by atoms with Crippen LogP contribution < -0.4 is 4.72 Å². The maximum atomic E-state index is 11.7. The van der Waals surface area contributed by atoms with E-state index in [9.17, 15) is 18.5 Å². The summed E-state index contributed by atoms with van der Waals surface area (Å²) in [4.78, 5) is 9.51. The van der Waals surface area contributed by atoms with E-state index < -0.39 is 25.7 Å². The molecule has 0 unspecified atom stereocenters. The summed E-state index contributed by atoms with van der Waals surface area (Å²) >= 11 is 11.3. The molecule has 0 aromatic heterocycles. The minimum Gasteiger partial charge on any atom is -0.258 e. The molecule has 94 valence electrons. The van der Waals surface area contributed by atoms with Crippen LogP contribution in [0.5, 0.6) is 0 Å². The Morgan fingerprint density at radius 3 is 2.47 bits per heavy atom. The first-order chi connectivity index (χ1) is 7.81. The predicted octanol–water partition coefficient (Wildman–Crippen LogP) is 2.20. The van der Waals surface area contributed by atoms with E-state index in [0.29, 0.717) is 0 Å². The fourth-order valence-corrected chi connectivity index (χ4v) is 3.09. The van der Waals surface area contributed by atoms with Crippen LogP contribution in [0.4, 0.5) is 5.69 Å². The summed E-state index contributed by atoms with van der Waals surface area (Å²) in [6.07, 6.45) is 0. The zero-order chi connectivity index (χ0) is 13.2. The third-order valence-corrected chi connectivity index (χ3v) is 4.23. The molecule has 1 aromatic rings. The molecule has 6 nitrogen and oxygen atoms in total. The van der Waals surface area contributed by atoms with Crippen molar-refractivity contribution < 1.29 is 13.3 Å². The summed E-state index contributed by atoms with van der Waals surface area (Å²) in [6.45, 7) is 1.73. The van der Waals surface area contributed by atoms with E-state index in [2.05, 4.69) is 4.72 Å². The van der Waals surface area contributed by atoms with E-state index in [4.69, 9.17) is 23.2 Å². The number of nitro groups is 1. The number of hydrogen-bond acceptors (Lipinski definition) is 4. The van der Waals surface area contributed by atoms with Crippen molar-refractivity contribution in [3.8, 4) is 0 Å². The molecule has 0 aliphatic heterocycles. The van der Waals surface area contributed by atoms with Crippen molar-refractivity contribution in [3.63, 3.8) is 0 Å². The molecular formula is C8H8Cl2N2O4S. The van der Waals surface area contributed by atoms with Crippen LogP contribution in [0.1, 0.15) is 6.92 Å². The van der Waals surface area contributed by atoms with Crippen LogP contribution in [0.2, 0.25) is 10.0 Å². The molecule has 1 rings (SSSR count). The average molecular weight is 299 g/mol. The molecule has 17 heavy (non-hydrogen) atoms. The highest BCUT2D eigenvalue weighted by molar-refractivity contribution is 7.89. The van der Waals surface area contributed by atoms with Gasteiger partial charge in [0.2, 0.25) is 10.0 Å². The minimum absolute atomic E-state index is 0.148. The van der Waals surface area contributed by atoms with Crippen molar-refractivity contribution in [2.75, 3.05) is 6.54 Å². The van der Waals surface area contributed by atoms with Crippen molar-refractivity contribution in [1.82, 2.24) is 4.72 Å². The topological polar surface area (TPSA) is 89.3 Å². The summed E-state index contributed by atoms with van der Waals surface area (Å²) in [6, 6.07) is 2.24. The van der Waals surface area contributed by atoms with E-state index in [-0.39, 0.29) is 16.5 Å². The Balaban J connectivity index is 3.49. The van der Waals surface area contributed by atoms with Gasteiger partial charge in [-0.15, -0.1) is 0 Å². The van der Waals surface area contributed by atoms with Crippen molar-refractivity contribution in [3.05, 3.63) is 32.3 Å². The van der Waals surface area contributed by atoms with Gasteiger partial charge < -0.3 is 0 Å². The summed E-state index contributed by atoms with van der Waals surface area (Å²) in [5, 5.41) is 9.99. The number of halogens is 2. The molecule has 0 bridgehead atoms. The van der Waals surface area contributed by atoms with Gasteiger partial charge in [-0.25, -0.2) is 13.1 Å². The molecule has 0 aliphatic carbocycles. The molecule has 0 fully saturated rings. The van der Waals surface area contributed by atoms with Crippen LogP contribution in [0, 0.1) is 10.1 Å². The van der Waals surface area contributed by atoms with E-state index >= 15 is 0 Å². The number of nitrogens with zero attached hydrogens (tertiary/aromatic N) is 1.